The number of rotatable bonds is 3. The Labute approximate surface area is 218 Å². The van der Waals surface area contributed by atoms with E-state index in [4.69, 9.17) is 0 Å². The second kappa shape index (κ2) is 8.73. The minimum Gasteiger partial charge on any atom is -0.203 e. The van der Waals surface area contributed by atoms with Gasteiger partial charge in [-0.15, -0.1) is 0 Å². The summed E-state index contributed by atoms with van der Waals surface area (Å²) in [4.78, 5) is 0. The van der Waals surface area contributed by atoms with Crippen LogP contribution in [0.2, 0.25) is 0 Å². The fourth-order valence-electron chi connectivity index (χ4n) is 5.26. The van der Waals surface area contributed by atoms with Crippen molar-refractivity contribution in [1.82, 2.24) is 0 Å². The summed E-state index contributed by atoms with van der Waals surface area (Å²) in [5, 5.41) is -1.22. The van der Waals surface area contributed by atoms with Crippen LogP contribution in [0.25, 0.3) is 32.3 Å². The highest BCUT2D eigenvalue weighted by molar-refractivity contribution is 7.93. The number of benzene rings is 6. The van der Waals surface area contributed by atoms with Crippen molar-refractivity contribution in [1.29, 1.82) is 0 Å². The Kier molecular flexibility index (Phi) is 5.72. The van der Waals surface area contributed by atoms with E-state index in [1.165, 1.54) is 18.2 Å². The average molecular weight is 580 g/mol. The maximum absolute atomic E-state index is 15.4. The molecule has 0 nitrogen and oxygen atoms in total. The molecule has 0 heterocycles. The fourth-order valence-corrected chi connectivity index (χ4v) is 8.63. The molecule has 0 fully saturated rings. The van der Waals surface area contributed by atoms with E-state index in [0.29, 0.717) is 26.9 Å². The first-order valence-corrected chi connectivity index (χ1v) is 13.3. The van der Waals surface area contributed by atoms with Gasteiger partial charge < -0.3 is 0 Å². The molecule has 6 rings (SSSR count). The lowest BCUT2D eigenvalue weighted by Gasteiger charge is -2.30. The van der Waals surface area contributed by atoms with Gasteiger partial charge in [0.25, 0.3) is 0 Å². The summed E-state index contributed by atoms with van der Waals surface area (Å²) in [6, 6.07) is 14.0. The zero-order valence-electron chi connectivity index (χ0n) is 19.6. The van der Waals surface area contributed by atoms with Gasteiger partial charge in [-0.2, -0.15) is 0 Å². The lowest BCUT2D eigenvalue weighted by molar-refractivity contribution is 0.383. The summed E-state index contributed by atoms with van der Waals surface area (Å²) in [6.07, 6.45) is 3.57. The Morgan fingerprint density at radius 3 is 1.20 bits per heavy atom. The van der Waals surface area contributed by atoms with Crippen molar-refractivity contribution in [3.63, 3.8) is 0 Å². The summed E-state index contributed by atoms with van der Waals surface area (Å²) in [6.45, 7) is -5.13. The molecule has 11 heteroatoms. The van der Waals surface area contributed by atoms with Gasteiger partial charge >= 0.3 is 0 Å². The molecule has 0 aromatic heterocycles. The molecule has 0 amide bonds. The summed E-state index contributed by atoms with van der Waals surface area (Å²) < 4.78 is 147. The number of hydrogen-bond acceptors (Lipinski definition) is 0. The van der Waals surface area contributed by atoms with Crippen LogP contribution in [0.3, 0.4) is 0 Å². The van der Waals surface area contributed by atoms with Gasteiger partial charge in [-0.1, -0.05) is 60.9 Å². The van der Waals surface area contributed by atoms with Crippen LogP contribution >= 0.6 is 6.89 Å². The first-order valence-electron chi connectivity index (χ1n) is 11.4. The second-order valence-electron chi connectivity index (χ2n) is 9.09. The lowest BCUT2D eigenvalue weighted by atomic mass is 9.94. The molecule has 0 bridgehead atoms. The van der Waals surface area contributed by atoms with E-state index in [9.17, 15) is 26.3 Å². The van der Waals surface area contributed by atoms with Gasteiger partial charge in [0.15, 0.2) is 46.5 Å². The fraction of sp³-hybridized carbons (Fsp3) is 0. The third kappa shape index (κ3) is 3.22. The van der Waals surface area contributed by atoms with Crippen LogP contribution in [0, 0.1) is 58.2 Å². The lowest BCUT2D eigenvalue weighted by Crippen LogP contribution is -2.36. The molecule has 0 saturated heterocycles. The predicted octanol–water partition coefficient (Wildman–Crippen LogP) is 7.70. The highest BCUT2D eigenvalue weighted by Gasteiger charge is 2.42. The first-order chi connectivity index (χ1) is 18.9. The summed E-state index contributed by atoms with van der Waals surface area (Å²) in [7, 11) is 0. The number of hydrogen-bond donors (Lipinski definition) is 0. The van der Waals surface area contributed by atoms with Crippen molar-refractivity contribution in [2.24, 2.45) is 0 Å². The number of halogens is 10. The second-order valence-corrected chi connectivity index (χ2v) is 12.1. The van der Waals surface area contributed by atoms with E-state index in [1.54, 1.807) is 30.3 Å². The molecule has 6 aromatic carbocycles. The maximum atomic E-state index is 15.4. The van der Waals surface area contributed by atoms with Gasteiger partial charge in [-0.25, -0.2) is 43.9 Å². The van der Waals surface area contributed by atoms with Gasteiger partial charge in [0, 0.05) is 0 Å². The Bertz CT molecular complexity index is 1950. The molecule has 202 valence electrons. The van der Waals surface area contributed by atoms with Gasteiger partial charge in [0.2, 0.25) is 11.6 Å². The SMILES string of the molecule is C=P(c1c(F)c(F)c(F)c(F)c1F)(c1c(F)c(F)c(F)c(F)c1F)c1ccc2ccc3cccc4ccc1c2c34. The van der Waals surface area contributed by atoms with Gasteiger partial charge in [0.05, 0.1) is 10.6 Å². The minimum absolute atomic E-state index is 0.0121. The van der Waals surface area contributed by atoms with Crippen LogP contribution in [-0.2, 0) is 0 Å². The molecule has 0 aliphatic heterocycles. The van der Waals surface area contributed by atoms with E-state index in [1.807, 2.05) is 0 Å². The third-order valence-corrected chi connectivity index (χ3v) is 10.6. The van der Waals surface area contributed by atoms with Gasteiger partial charge in [-0.3, -0.25) is 0 Å². The molecule has 0 spiro atoms. The molecule has 6 aromatic rings. The standard InChI is InChI=1S/C29H11F10P/c1-40(28-24(36)20(32)18(30)21(33)25(28)37,29-26(38)22(34)19(31)23(35)27(29)39)15-10-8-13-6-5-11-3-2-4-12-7-9-14(15)17(13)16(11)12/h2-10H,1H2. The minimum atomic E-state index is -5.13. The smallest absolute Gasteiger partial charge is 0.200 e. The van der Waals surface area contributed by atoms with Crippen molar-refractivity contribution in [3.8, 4) is 0 Å². The monoisotopic (exact) mass is 580 g/mol. The summed E-state index contributed by atoms with van der Waals surface area (Å²) in [5.74, 6) is -25.0. The molecule has 0 atom stereocenters. The van der Waals surface area contributed by atoms with E-state index >= 15 is 17.6 Å². The van der Waals surface area contributed by atoms with Crippen LogP contribution in [-0.4, -0.2) is 6.30 Å². The van der Waals surface area contributed by atoms with Crippen molar-refractivity contribution >= 4 is 61.4 Å². The molecule has 0 N–H and O–H groups in total. The normalized spacial score (nSPS) is 12.3. The van der Waals surface area contributed by atoms with Gasteiger partial charge in [-0.05, 0) is 44.5 Å². The van der Waals surface area contributed by atoms with Gasteiger partial charge in [0.1, 0.15) is 0 Å². The van der Waals surface area contributed by atoms with E-state index < -0.39 is 81.0 Å². The van der Waals surface area contributed by atoms with Crippen LogP contribution in [0.4, 0.5) is 43.9 Å². The molecule has 0 saturated carbocycles. The molecule has 40 heavy (non-hydrogen) atoms. The summed E-state index contributed by atoms with van der Waals surface area (Å²) in [5.41, 5.74) is 0. The molecule has 0 unspecified atom stereocenters. The highest BCUT2D eigenvalue weighted by atomic mass is 31.2. The average Bonchev–Trinajstić information content (AvgIpc) is 2.95. The van der Waals surface area contributed by atoms with Crippen LogP contribution in [0.15, 0.2) is 54.6 Å². The highest BCUT2D eigenvalue weighted by Crippen LogP contribution is 2.49. The molecule has 0 aliphatic carbocycles. The molecular formula is C29H11F10P. The topological polar surface area (TPSA) is 0 Å². The maximum Gasteiger partial charge on any atom is 0.200 e. The van der Waals surface area contributed by atoms with E-state index in [0.717, 1.165) is 6.07 Å². The van der Waals surface area contributed by atoms with Crippen molar-refractivity contribution in [2.45, 2.75) is 0 Å². The predicted molar refractivity (Wildman–Crippen MR) is 136 cm³/mol. The molecule has 0 radical (unpaired) electrons. The summed E-state index contributed by atoms with van der Waals surface area (Å²) >= 11 is 0. The first kappa shape index (κ1) is 26.2. The van der Waals surface area contributed by atoms with Crippen LogP contribution < -0.4 is 15.9 Å². The van der Waals surface area contributed by atoms with Crippen molar-refractivity contribution in [2.75, 3.05) is 0 Å². The Morgan fingerprint density at radius 1 is 0.400 bits per heavy atom. The van der Waals surface area contributed by atoms with Crippen LogP contribution in [0.1, 0.15) is 0 Å². The van der Waals surface area contributed by atoms with E-state index in [-0.39, 0.29) is 5.39 Å². The molecule has 0 aliphatic rings. The van der Waals surface area contributed by atoms with Crippen LogP contribution in [0.5, 0.6) is 0 Å². The van der Waals surface area contributed by atoms with Crippen molar-refractivity contribution < 1.29 is 43.9 Å². The molecular weight excluding hydrogens is 569 g/mol. The Morgan fingerprint density at radius 2 is 0.750 bits per heavy atom. The van der Waals surface area contributed by atoms with E-state index in [2.05, 4.69) is 6.30 Å². The Balaban J connectivity index is 1.90. The zero-order valence-corrected chi connectivity index (χ0v) is 20.5. The zero-order chi connectivity index (χ0) is 28.8. The third-order valence-electron chi connectivity index (χ3n) is 7.05. The quantitative estimate of drug-likeness (QED) is 0.0662. The largest absolute Gasteiger partial charge is 0.203 e. The Hall–Kier alpha value is -4.04. The van der Waals surface area contributed by atoms with Crippen molar-refractivity contribution in [3.05, 3.63) is 113 Å².